The van der Waals surface area contributed by atoms with Crippen molar-refractivity contribution in [2.45, 2.75) is 12.3 Å². The number of benzene rings is 1. The fourth-order valence-corrected chi connectivity index (χ4v) is 2.29. The van der Waals surface area contributed by atoms with Gasteiger partial charge in [0.05, 0.1) is 0 Å². The number of anilines is 1. The lowest BCUT2D eigenvalue weighted by molar-refractivity contribution is 0.692. The Morgan fingerprint density at radius 3 is 2.94 bits per heavy atom. The molecule has 3 rings (SSSR count). The molecule has 80 valence electrons. The molecule has 1 unspecified atom stereocenters. The van der Waals surface area contributed by atoms with Gasteiger partial charge in [-0.15, -0.1) is 0 Å². The molecule has 1 aliphatic heterocycles. The smallest absolute Gasteiger partial charge is 0.0373 e. The van der Waals surface area contributed by atoms with Crippen LogP contribution in [0, 0.1) is 0 Å². The Labute approximate surface area is 95.3 Å². The third kappa shape index (κ3) is 1.67. The molecule has 1 N–H and O–H groups in total. The van der Waals surface area contributed by atoms with Gasteiger partial charge < -0.3 is 5.32 Å². The fourth-order valence-electron chi connectivity index (χ4n) is 2.29. The Morgan fingerprint density at radius 2 is 2.06 bits per heavy atom. The maximum absolute atomic E-state index is 4.19. The summed E-state index contributed by atoms with van der Waals surface area (Å²) in [5, 5.41) is 3.48. The zero-order valence-corrected chi connectivity index (χ0v) is 9.06. The summed E-state index contributed by atoms with van der Waals surface area (Å²) in [5.74, 6) is 0.545. The van der Waals surface area contributed by atoms with E-state index >= 15 is 0 Å². The Morgan fingerprint density at radius 1 is 1.12 bits per heavy atom. The molecule has 0 radical (unpaired) electrons. The van der Waals surface area contributed by atoms with Crippen LogP contribution in [0.3, 0.4) is 0 Å². The molecule has 2 aromatic rings. The average molecular weight is 210 g/mol. The van der Waals surface area contributed by atoms with E-state index in [0.29, 0.717) is 5.92 Å². The summed E-state index contributed by atoms with van der Waals surface area (Å²) in [6, 6.07) is 12.7. The van der Waals surface area contributed by atoms with Crippen LogP contribution >= 0.6 is 0 Å². The summed E-state index contributed by atoms with van der Waals surface area (Å²) in [5.41, 5.74) is 4.01. The van der Waals surface area contributed by atoms with Crippen molar-refractivity contribution >= 4 is 5.69 Å². The van der Waals surface area contributed by atoms with E-state index in [2.05, 4.69) is 40.6 Å². The highest BCUT2D eigenvalue weighted by atomic mass is 14.9. The number of rotatable bonds is 1. The first-order valence-electron chi connectivity index (χ1n) is 5.65. The van der Waals surface area contributed by atoms with Gasteiger partial charge in [0.15, 0.2) is 0 Å². The number of aromatic nitrogens is 1. The van der Waals surface area contributed by atoms with Crippen molar-refractivity contribution in [3.05, 3.63) is 59.9 Å². The minimum absolute atomic E-state index is 0.545. The zero-order chi connectivity index (χ0) is 10.8. The molecule has 1 aromatic carbocycles. The zero-order valence-electron chi connectivity index (χ0n) is 9.06. The van der Waals surface area contributed by atoms with E-state index < -0.39 is 0 Å². The first kappa shape index (κ1) is 9.40. The molecular weight excluding hydrogens is 196 g/mol. The monoisotopic (exact) mass is 210 g/mol. The van der Waals surface area contributed by atoms with Crippen LogP contribution in [0.4, 0.5) is 5.69 Å². The topological polar surface area (TPSA) is 24.9 Å². The Balaban J connectivity index is 1.89. The summed E-state index contributed by atoms with van der Waals surface area (Å²) in [6.45, 7) is 1.00. The number of hydrogen-bond acceptors (Lipinski definition) is 2. The van der Waals surface area contributed by atoms with Crippen LogP contribution in [-0.2, 0) is 6.42 Å². The Kier molecular flexibility index (Phi) is 2.33. The van der Waals surface area contributed by atoms with Gasteiger partial charge in [-0.1, -0.05) is 24.3 Å². The molecule has 1 aliphatic rings. The van der Waals surface area contributed by atoms with Crippen molar-refractivity contribution in [3.63, 3.8) is 0 Å². The maximum atomic E-state index is 4.19. The van der Waals surface area contributed by atoms with Gasteiger partial charge >= 0.3 is 0 Å². The molecule has 2 nitrogen and oxygen atoms in total. The third-order valence-corrected chi connectivity index (χ3v) is 3.18. The molecule has 1 atom stereocenters. The summed E-state index contributed by atoms with van der Waals surface area (Å²) in [7, 11) is 0. The Hall–Kier alpha value is -1.83. The highest BCUT2D eigenvalue weighted by Crippen LogP contribution is 2.29. The van der Waals surface area contributed by atoms with Gasteiger partial charge in [0.2, 0.25) is 0 Å². The highest BCUT2D eigenvalue weighted by molar-refractivity contribution is 5.54. The normalized spacial score (nSPS) is 18.6. The average Bonchev–Trinajstić information content (AvgIpc) is 2.39. The van der Waals surface area contributed by atoms with Gasteiger partial charge in [0, 0.05) is 30.5 Å². The number of nitrogens with one attached hydrogen (secondary N) is 1. The van der Waals surface area contributed by atoms with Gasteiger partial charge in [-0.25, -0.2) is 0 Å². The van der Waals surface area contributed by atoms with E-state index in [1.54, 1.807) is 0 Å². The van der Waals surface area contributed by atoms with Crippen LogP contribution < -0.4 is 5.32 Å². The lowest BCUT2D eigenvalue weighted by atomic mass is 9.89. The van der Waals surface area contributed by atoms with Crippen LogP contribution in [0.5, 0.6) is 0 Å². The van der Waals surface area contributed by atoms with Crippen molar-refractivity contribution in [3.8, 4) is 0 Å². The lowest BCUT2D eigenvalue weighted by Gasteiger charge is -2.26. The van der Waals surface area contributed by atoms with Crippen molar-refractivity contribution in [1.29, 1.82) is 0 Å². The number of para-hydroxylation sites is 1. The van der Waals surface area contributed by atoms with Gasteiger partial charge in [-0.2, -0.15) is 0 Å². The molecule has 1 aromatic heterocycles. The van der Waals surface area contributed by atoms with E-state index in [1.165, 1.54) is 16.8 Å². The van der Waals surface area contributed by atoms with Gasteiger partial charge in [0.25, 0.3) is 0 Å². The van der Waals surface area contributed by atoms with Gasteiger partial charge in [0.1, 0.15) is 0 Å². The van der Waals surface area contributed by atoms with Crippen molar-refractivity contribution in [1.82, 2.24) is 4.98 Å². The van der Waals surface area contributed by atoms with Crippen molar-refractivity contribution < 1.29 is 0 Å². The number of hydrogen-bond donors (Lipinski definition) is 1. The summed E-state index contributed by atoms with van der Waals surface area (Å²) >= 11 is 0. The third-order valence-electron chi connectivity index (χ3n) is 3.18. The predicted molar refractivity (Wildman–Crippen MR) is 65.6 cm³/mol. The second kappa shape index (κ2) is 3.97. The largest absolute Gasteiger partial charge is 0.384 e. The molecule has 0 bridgehead atoms. The molecule has 0 aliphatic carbocycles. The van der Waals surface area contributed by atoms with E-state index in [4.69, 9.17) is 0 Å². The summed E-state index contributed by atoms with van der Waals surface area (Å²) in [4.78, 5) is 4.19. The first-order valence-corrected chi connectivity index (χ1v) is 5.65. The molecule has 0 saturated heterocycles. The van der Waals surface area contributed by atoms with E-state index in [9.17, 15) is 0 Å². The molecule has 0 amide bonds. The van der Waals surface area contributed by atoms with E-state index in [-0.39, 0.29) is 0 Å². The van der Waals surface area contributed by atoms with Crippen LogP contribution in [0.25, 0.3) is 0 Å². The van der Waals surface area contributed by atoms with E-state index in [1.807, 2.05) is 18.5 Å². The van der Waals surface area contributed by atoms with Crippen molar-refractivity contribution in [2.24, 2.45) is 0 Å². The predicted octanol–water partition coefficient (Wildman–Crippen LogP) is 2.83. The number of fused-ring (bicyclic) bond motifs is 1. The minimum atomic E-state index is 0.545. The Bertz CT molecular complexity index is 479. The molecular formula is C14H14N2. The first-order chi connectivity index (χ1) is 7.93. The van der Waals surface area contributed by atoms with Crippen LogP contribution in [-0.4, -0.2) is 11.5 Å². The fraction of sp³-hybridized carbons (Fsp3) is 0.214. The molecule has 2 heterocycles. The lowest BCUT2D eigenvalue weighted by Crippen LogP contribution is -2.21. The second-order valence-electron chi connectivity index (χ2n) is 4.23. The van der Waals surface area contributed by atoms with Crippen molar-refractivity contribution in [2.75, 3.05) is 11.9 Å². The standard InChI is InChI=1S/C14H14N2/c1-2-6-14-11(4-1)8-13(10-16-14)12-5-3-7-15-9-12/h1-7,9,13,16H,8,10H2. The quantitative estimate of drug-likeness (QED) is 0.783. The van der Waals surface area contributed by atoms with Gasteiger partial charge in [-0.3, -0.25) is 4.98 Å². The van der Waals surface area contributed by atoms with Crippen LogP contribution in [0.1, 0.15) is 17.0 Å². The summed E-state index contributed by atoms with van der Waals surface area (Å²) in [6.07, 6.45) is 4.91. The maximum Gasteiger partial charge on any atom is 0.0373 e. The number of nitrogens with zero attached hydrogens (tertiary/aromatic N) is 1. The minimum Gasteiger partial charge on any atom is -0.384 e. The number of pyridine rings is 1. The van der Waals surface area contributed by atoms with E-state index in [0.717, 1.165) is 13.0 Å². The van der Waals surface area contributed by atoms with Gasteiger partial charge in [-0.05, 0) is 29.7 Å². The molecule has 16 heavy (non-hydrogen) atoms. The van der Waals surface area contributed by atoms with Crippen LogP contribution in [0.2, 0.25) is 0 Å². The van der Waals surface area contributed by atoms with Crippen LogP contribution in [0.15, 0.2) is 48.8 Å². The molecule has 2 heteroatoms. The summed E-state index contributed by atoms with van der Waals surface area (Å²) < 4.78 is 0. The molecule has 0 saturated carbocycles. The molecule has 0 spiro atoms. The molecule has 0 fully saturated rings. The highest BCUT2D eigenvalue weighted by Gasteiger charge is 2.18. The SMILES string of the molecule is c1cncc(C2CNc3ccccc3C2)c1. The second-order valence-corrected chi connectivity index (χ2v) is 4.23.